The fourth-order valence-corrected chi connectivity index (χ4v) is 2.33. The van der Waals surface area contributed by atoms with Crippen LogP contribution >= 0.6 is 0 Å². The fourth-order valence-electron chi connectivity index (χ4n) is 2.33. The summed E-state index contributed by atoms with van der Waals surface area (Å²) in [6.45, 7) is 2.88. The summed E-state index contributed by atoms with van der Waals surface area (Å²) in [4.78, 5) is 2.30. The Kier molecular flexibility index (Phi) is 3.48. The van der Waals surface area contributed by atoms with Crippen LogP contribution in [0.2, 0.25) is 0 Å². The smallest absolute Gasteiger partial charge is 0.115 e. The monoisotopic (exact) mass is 215 g/mol. The molecule has 0 saturated carbocycles. The van der Waals surface area contributed by atoms with E-state index in [1.807, 2.05) is 12.1 Å². The summed E-state index contributed by atoms with van der Waals surface area (Å²) >= 11 is 0. The highest BCUT2D eigenvalue weighted by Gasteiger charge is 2.19. The Bertz CT molecular complexity index is 386. The topological polar surface area (TPSA) is 23.5 Å². The fraction of sp³-hybridized carbons (Fsp3) is 0.429. The van der Waals surface area contributed by atoms with E-state index >= 15 is 0 Å². The van der Waals surface area contributed by atoms with E-state index < -0.39 is 0 Å². The van der Waals surface area contributed by atoms with E-state index in [-0.39, 0.29) is 0 Å². The van der Waals surface area contributed by atoms with Crippen molar-refractivity contribution in [3.8, 4) is 18.1 Å². The number of phenols is 1. The van der Waals surface area contributed by atoms with Gasteiger partial charge in [-0.3, -0.25) is 4.90 Å². The van der Waals surface area contributed by atoms with Gasteiger partial charge < -0.3 is 5.11 Å². The minimum atomic E-state index is 0.364. The molecule has 0 aliphatic carbocycles. The van der Waals surface area contributed by atoms with Gasteiger partial charge in [0.15, 0.2) is 0 Å². The van der Waals surface area contributed by atoms with Crippen LogP contribution in [0.3, 0.4) is 0 Å². The highest BCUT2D eigenvalue weighted by Crippen LogP contribution is 2.29. The Hall–Kier alpha value is -1.46. The number of hydrogen-bond acceptors (Lipinski definition) is 2. The quantitative estimate of drug-likeness (QED) is 0.764. The summed E-state index contributed by atoms with van der Waals surface area (Å²) in [6.07, 6.45) is 7.56. The summed E-state index contributed by atoms with van der Waals surface area (Å²) in [7, 11) is 0. The van der Waals surface area contributed by atoms with Gasteiger partial charge in [0.1, 0.15) is 5.75 Å². The molecule has 0 aromatic heterocycles. The van der Waals surface area contributed by atoms with Crippen LogP contribution in [0.5, 0.6) is 5.75 Å². The number of likely N-dealkylation sites (tertiary alicyclic amines) is 1. The molecule has 1 aliphatic heterocycles. The maximum absolute atomic E-state index is 9.44. The van der Waals surface area contributed by atoms with E-state index in [0.717, 1.165) is 32.5 Å². The van der Waals surface area contributed by atoms with Gasteiger partial charge in [-0.25, -0.2) is 0 Å². The first-order chi connectivity index (χ1) is 7.79. The van der Waals surface area contributed by atoms with Gasteiger partial charge in [-0.2, -0.15) is 0 Å². The van der Waals surface area contributed by atoms with Crippen LogP contribution in [0, 0.1) is 12.3 Å². The second-order valence-electron chi connectivity index (χ2n) is 4.35. The van der Waals surface area contributed by atoms with Crippen LogP contribution < -0.4 is 0 Å². The molecule has 0 amide bonds. The maximum atomic E-state index is 9.44. The first-order valence-corrected chi connectivity index (χ1v) is 5.74. The minimum Gasteiger partial charge on any atom is -0.508 e. The predicted molar refractivity (Wildman–Crippen MR) is 65.4 cm³/mol. The number of aromatic hydroxyl groups is 1. The standard InChI is InChI=1S/C14H17NO/c1-2-8-15-9-6-12(7-10-15)13-4-3-5-14(16)11-13/h1,3-5,11-12,16H,6-10H2. The van der Waals surface area contributed by atoms with Crippen molar-refractivity contribution in [2.45, 2.75) is 18.8 Å². The molecule has 84 valence electrons. The van der Waals surface area contributed by atoms with E-state index in [1.54, 1.807) is 6.07 Å². The first-order valence-electron chi connectivity index (χ1n) is 5.74. The van der Waals surface area contributed by atoms with Gasteiger partial charge in [-0.05, 0) is 49.5 Å². The molecule has 2 rings (SSSR count). The average molecular weight is 215 g/mol. The maximum Gasteiger partial charge on any atom is 0.115 e. The van der Waals surface area contributed by atoms with Gasteiger partial charge in [0.25, 0.3) is 0 Å². The van der Waals surface area contributed by atoms with Crippen molar-refractivity contribution >= 4 is 0 Å². The lowest BCUT2D eigenvalue weighted by Crippen LogP contribution is -2.33. The van der Waals surface area contributed by atoms with Crippen LogP contribution in [-0.4, -0.2) is 29.6 Å². The molecule has 1 saturated heterocycles. The molecule has 1 heterocycles. The number of hydrogen-bond donors (Lipinski definition) is 1. The summed E-state index contributed by atoms with van der Waals surface area (Å²) < 4.78 is 0. The zero-order chi connectivity index (χ0) is 11.4. The average Bonchev–Trinajstić information content (AvgIpc) is 2.30. The third kappa shape index (κ3) is 2.56. The van der Waals surface area contributed by atoms with E-state index in [4.69, 9.17) is 6.42 Å². The molecule has 1 fully saturated rings. The van der Waals surface area contributed by atoms with Crippen LogP contribution in [0.25, 0.3) is 0 Å². The van der Waals surface area contributed by atoms with Crippen LogP contribution in [0.15, 0.2) is 24.3 Å². The van der Waals surface area contributed by atoms with E-state index in [2.05, 4.69) is 16.9 Å². The molecule has 0 spiro atoms. The van der Waals surface area contributed by atoms with Crippen LogP contribution in [-0.2, 0) is 0 Å². The Labute approximate surface area is 96.9 Å². The second-order valence-corrected chi connectivity index (χ2v) is 4.35. The molecule has 1 N–H and O–H groups in total. The molecule has 1 aliphatic rings. The number of benzene rings is 1. The molecule has 0 atom stereocenters. The summed E-state index contributed by atoms with van der Waals surface area (Å²) in [5, 5.41) is 9.44. The highest BCUT2D eigenvalue weighted by atomic mass is 16.3. The van der Waals surface area contributed by atoms with Crippen molar-refractivity contribution in [1.29, 1.82) is 0 Å². The van der Waals surface area contributed by atoms with E-state index in [1.165, 1.54) is 5.56 Å². The predicted octanol–water partition coefficient (Wildman–Crippen LogP) is 2.20. The number of rotatable bonds is 2. The van der Waals surface area contributed by atoms with Crippen molar-refractivity contribution in [2.75, 3.05) is 19.6 Å². The lowest BCUT2D eigenvalue weighted by atomic mass is 9.89. The van der Waals surface area contributed by atoms with Gasteiger partial charge in [-0.15, -0.1) is 6.42 Å². The number of phenolic OH excluding ortho intramolecular Hbond substituents is 1. The lowest BCUT2D eigenvalue weighted by molar-refractivity contribution is 0.235. The molecule has 1 aromatic carbocycles. The number of piperidine rings is 1. The molecular weight excluding hydrogens is 198 g/mol. The molecule has 0 radical (unpaired) electrons. The Morgan fingerprint density at radius 1 is 1.38 bits per heavy atom. The minimum absolute atomic E-state index is 0.364. The Morgan fingerprint density at radius 3 is 2.75 bits per heavy atom. The highest BCUT2D eigenvalue weighted by molar-refractivity contribution is 5.30. The second kappa shape index (κ2) is 5.05. The van der Waals surface area contributed by atoms with Crippen LogP contribution in [0.4, 0.5) is 0 Å². The first kappa shape index (κ1) is 11.0. The third-order valence-corrected chi connectivity index (χ3v) is 3.24. The molecule has 0 bridgehead atoms. The van der Waals surface area contributed by atoms with Crippen molar-refractivity contribution in [1.82, 2.24) is 4.90 Å². The van der Waals surface area contributed by atoms with Gasteiger partial charge in [-0.1, -0.05) is 18.1 Å². The Balaban J connectivity index is 1.97. The van der Waals surface area contributed by atoms with Gasteiger partial charge in [0, 0.05) is 0 Å². The SMILES string of the molecule is C#CCN1CCC(c2cccc(O)c2)CC1. The van der Waals surface area contributed by atoms with Crippen molar-refractivity contribution < 1.29 is 5.11 Å². The molecule has 2 nitrogen and oxygen atoms in total. The molecule has 2 heteroatoms. The molecular formula is C14H17NO. The number of terminal acetylenes is 1. The number of nitrogens with zero attached hydrogens (tertiary/aromatic N) is 1. The molecule has 1 aromatic rings. The van der Waals surface area contributed by atoms with Crippen molar-refractivity contribution in [2.24, 2.45) is 0 Å². The third-order valence-electron chi connectivity index (χ3n) is 3.24. The zero-order valence-corrected chi connectivity index (χ0v) is 9.39. The molecule has 16 heavy (non-hydrogen) atoms. The lowest BCUT2D eigenvalue weighted by Gasteiger charge is -2.30. The van der Waals surface area contributed by atoms with Gasteiger partial charge in [0.05, 0.1) is 6.54 Å². The van der Waals surface area contributed by atoms with Gasteiger partial charge >= 0.3 is 0 Å². The molecule has 0 unspecified atom stereocenters. The van der Waals surface area contributed by atoms with E-state index in [0.29, 0.717) is 11.7 Å². The normalized spacial score (nSPS) is 18.2. The summed E-state index contributed by atoms with van der Waals surface area (Å²) in [5.74, 6) is 3.62. The summed E-state index contributed by atoms with van der Waals surface area (Å²) in [5.41, 5.74) is 1.25. The largest absolute Gasteiger partial charge is 0.508 e. The van der Waals surface area contributed by atoms with Crippen molar-refractivity contribution in [3.05, 3.63) is 29.8 Å². The van der Waals surface area contributed by atoms with Crippen LogP contribution in [0.1, 0.15) is 24.3 Å². The Morgan fingerprint density at radius 2 is 2.12 bits per heavy atom. The zero-order valence-electron chi connectivity index (χ0n) is 9.39. The summed E-state index contributed by atoms with van der Waals surface area (Å²) in [6, 6.07) is 7.61. The van der Waals surface area contributed by atoms with E-state index in [9.17, 15) is 5.11 Å². The van der Waals surface area contributed by atoms with Gasteiger partial charge in [0.2, 0.25) is 0 Å². The van der Waals surface area contributed by atoms with Crippen molar-refractivity contribution in [3.63, 3.8) is 0 Å².